The summed E-state index contributed by atoms with van der Waals surface area (Å²) < 4.78 is 10.9. The van der Waals surface area contributed by atoms with Crippen LogP contribution in [0.3, 0.4) is 0 Å². The topological polar surface area (TPSA) is 77.5 Å². The summed E-state index contributed by atoms with van der Waals surface area (Å²) in [6, 6.07) is 16.9. The summed E-state index contributed by atoms with van der Waals surface area (Å²) in [6.45, 7) is 0.421. The van der Waals surface area contributed by atoms with Gasteiger partial charge in [0.25, 0.3) is 0 Å². The molecule has 0 bridgehead atoms. The van der Waals surface area contributed by atoms with Crippen LogP contribution in [0.15, 0.2) is 60.8 Å². The number of aryl methyl sites for hydroxylation is 1. The van der Waals surface area contributed by atoms with Gasteiger partial charge in [-0.1, -0.05) is 41.9 Å². The van der Waals surface area contributed by atoms with E-state index in [1.54, 1.807) is 12.1 Å². The van der Waals surface area contributed by atoms with Gasteiger partial charge in [0.05, 0.1) is 24.9 Å². The number of esters is 1. The lowest BCUT2D eigenvalue weighted by Gasteiger charge is -2.13. The Kier molecular flexibility index (Phi) is 6.71. The number of hydrogen-bond acceptors (Lipinski definition) is 5. The van der Waals surface area contributed by atoms with E-state index in [4.69, 9.17) is 21.1 Å². The van der Waals surface area contributed by atoms with E-state index in [1.165, 1.54) is 13.3 Å². The molecule has 0 saturated carbocycles. The van der Waals surface area contributed by atoms with Crippen molar-refractivity contribution in [2.24, 2.45) is 0 Å². The number of aromatic nitrogens is 1. The van der Waals surface area contributed by atoms with Gasteiger partial charge in [-0.25, -0.2) is 4.79 Å². The zero-order chi connectivity index (χ0) is 22.5. The van der Waals surface area contributed by atoms with Gasteiger partial charge in [0.1, 0.15) is 11.9 Å². The van der Waals surface area contributed by atoms with E-state index in [0.717, 1.165) is 22.4 Å². The number of rotatable bonds is 7. The van der Waals surface area contributed by atoms with Crippen LogP contribution in [0.1, 0.15) is 27.9 Å². The summed E-state index contributed by atoms with van der Waals surface area (Å²) in [4.78, 5) is 28.3. The molecule has 6 nitrogen and oxygen atoms in total. The van der Waals surface area contributed by atoms with Crippen molar-refractivity contribution in [2.45, 2.75) is 25.4 Å². The van der Waals surface area contributed by atoms with Crippen molar-refractivity contribution >= 4 is 23.5 Å². The van der Waals surface area contributed by atoms with Crippen molar-refractivity contribution in [1.82, 2.24) is 10.3 Å². The average Bonchev–Trinajstić information content (AvgIpc) is 3.25. The van der Waals surface area contributed by atoms with Crippen LogP contribution < -0.4 is 10.1 Å². The molecule has 0 radical (unpaired) electrons. The van der Waals surface area contributed by atoms with Crippen molar-refractivity contribution in [1.29, 1.82) is 0 Å². The summed E-state index contributed by atoms with van der Waals surface area (Å²) >= 11 is 6.16. The Hall–Kier alpha value is -3.38. The van der Waals surface area contributed by atoms with Gasteiger partial charge >= 0.3 is 5.97 Å². The van der Waals surface area contributed by atoms with Crippen LogP contribution in [0.25, 0.3) is 11.3 Å². The van der Waals surface area contributed by atoms with Crippen molar-refractivity contribution < 1.29 is 19.1 Å². The van der Waals surface area contributed by atoms with Gasteiger partial charge in [-0.2, -0.15) is 0 Å². The number of methoxy groups -OCH3 is 1. The molecule has 4 rings (SSSR count). The number of amides is 1. The molecule has 164 valence electrons. The molecule has 1 amide bonds. The molecule has 1 unspecified atom stereocenters. The fourth-order valence-corrected chi connectivity index (χ4v) is 3.94. The quantitative estimate of drug-likeness (QED) is 0.545. The second-order valence-corrected chi connectivity index (χ2v) is 7.96. The molecule has 32 heavy (non-hydrogen) atoms. The number of hydrogen-bond donors (Lipinski definition) is 1. The van der Waals surface area contributed by atoms with E-state index < -0.39 is 5.97 Å². The smallest absolute Gasteiger partial charge is 0.339 e. The Morgan fingerprint density at radius 3 is 2.75 bits per heavy atom. The number of benzene rings is 2. The molecule has 3 aromatic rings. The normalized spacial score (nSPS) is 14.4. The zero-order valence-corrected chi connectivity index (χ0v) is 18.4. The molecule has 1 aliphatic rings. The van der Waals surface area contributed by atoms with E-state index in [-0.39, 0.29) is 12.0 Å². The summed E-state index contributed by atoms with van der Waals surface area (Å²) in [5.74, 6) is 0.301. The molecule has 1 atom stereocenters. The first-order valence-corrected chi connectivity index (χ1v) is 10.8. The molecule has 1 N–H and O–H groups in total. The number of ether oxygens (including phenoxy) is 2. The first-order chi connectivity index (χ1) is 15.5. The number of carbonyl (C=O) groups excluding carboxylic acids is 2. The van der Waals surface area contributed by atoms with Crippen molar-refractivity contribution in [3.05, 3.63) is 82.5 Å². The Morgan fingerprint density at radius 2 is 2.00 bits per heavy atom. The monoisotopic (exact) mass is 450 g/mol. The minimum absolute atomic E-state index is 0.0373. The molecule has 2 aromatic carbocycles. The highest BCUT2D eigenvalue weighted by Gasteiger charge is 2.26. The van der Waals surface area contributed by atoms with Crippen LogP contribution in [-0.4, -0.2) is 36.6 Å². The predicted molar refractivity (Wildman–Crippen MR) is 122 cm³/mol. The first-order valence-electron chi connectivity index (χ1n) is 10.4. The van der Waals surface area contributed by atoms with Crippen LogP contribution in [0.4, 0.5) is 0 Å². The molecule has 1 aromatic heterocycles. The number of nitrogens with one attached hydrogen (secondary N) is 1. The number of fused-ring (bicyclic) bond motifs is 1. The lowest BCUT2D eigenvalue weighted by Crippen LogP contribution is -2.34. The second-order valence-electron chi connectivity index (χ2n) is 7.56. The largest absolute Gasteiger partial charge is 0.487 e. The Balaban J connectivity index is 1.35. The highest BCUT2D eigenvalue weighted by atomic mass is 35.5. The summed E-state index contributed by atoms with van der Waals surface area (Å²) in [7, 11) is 1.34. The number of para-hydroxylation sites is 1. The maximum Gasteiger partial charge on any atom is 0.339 e. The molecule has 0 spiro atoms. The van der Waals surface area contributed by atoms with Gasteiger partial charge < -0.3 is 14.8 Å². The minimum atomic E-state index is -0.427. The third kappa shape index (κ3) is 4.92. The van der Waals surface area contributed by atoms with Crippen LogP contribution in [0.2, 0.25) is 5.02 Å². The molecule has 0 aliphatic carbocycles. The van der Waals surface area contributed by atoms with Crippen molar-refractivity contribution in [3.63, 3.8) is 0 Å². The number of carbonyl (C=O) groups is 2. The van der Waals surface area contributed by atoms with Crippen LogP contribution in [0.5, 0.6) is 5.75 Å². The van der Waals surface area contributed by atoms with E-state index in [1.807, 2.05) is 42.5 Å². The number of pyridine rings is 1. The van der Waals surface area contributed by atoms with E-state index in [0.29, 0.717) is 42.1 Å². The fraction of sp³-hybridized carbons (Fsp3) is 0.240. The summed E-state index contributed by atoms with van der Waals surface area (Å²) in [5.41, 5.74) is 3.98. The van der Waals surface area contributed by atoms with E-state index >= 15 is 0 Å². The van der Waals surface area contributed by atoms with Gasteiger partial charge in [0.15, 0.2) is 0 Å². The SMILES string of the molecule is COC(=O)c1ccc(-c2cccc3c2OC(CNC(=O)CCc2ccccc2Cl)C3)nc1. The van der Waals surface area contributed by atoms with Gasteiger partial charge in [-0.15, -0.1) is 0 Å². The molecule has 1 aliphatic heterocycles. The second kappa shape index (κ2) is 9.83. The highest BCUT2D eigenvalue weighted by Crippen LogP contribution is 2.38. The van der Waals surface area contributed by atoms with Crippen LogP contribution in [0, 0.1) is 0 Å². The minimum Gasteiger partial charge on any atom is -0.487 e. The van der Waals surface area contributed by atoms with Gasteiger partial charge in [-0.3, -0.25) is 9.78 Å². The Morgan fingerprint density at radius 1 is 1.16 bits per heavy atom. The fourth-order valence-electron chi connectivity index (χ4n) is 3.71. The van der Waals surface area contributed by atoms with Gasteiger partial charge in [0.2, 0.25) is 5.91 Å². The van der Waals surface area contributed by atoms with Crippen LogP contribution in [-0.2, 0) is 22.4 Å². The van der Waals surface area contributed by atoms with Gasteiger partial charge in [-0.05, 0) is 41.8 Å². The number of nitrogens with zero attached hydrogens (tertiary/aromatic N) is 1. The van der Waals surface area contributed by atoms with Crippen LogP contribution >= 0.6 is 11.6 Å². The molecule has 0 fully saturated rings. The molecule has 7 heteroatoms. The third-order valence-corrected chi connectivity index (χ3v) is 5.76. The Labute approximate surface area is 191 Å². The standard InChI is InChI=1S/C25H23ClN2O4/c1-31-25(30)18-9-11-22(27-14-18)20-7-4-6-17-13-19(32-24(17)20)15-28-23(29)12-10-16-5-2-3-8-21(16)26/h2-9,11,14,19H,10,12-13,15H2,1H3,(H,28,29). The molecular weight excluding hydrogens is 428 g/mol. The third-order valence-electron chi connectivity index (χ3n) is 5.40. The molecule has 0 saturated heterocycles. The lowest BCUT2D eigenvalue weighted by molar-refractivity contribution is -0.121. The maximum absolute atomic E-state index is 12.3. The van der Waals surface area contributed by atoms with Crippen molar-refractivity contribution in [2.75, 3.05) is 13.7 Å². The average molecular weight is 451 g/mol. The van der Waals surface area contributed by atoms with Crippen molar-refractivity contribution in [3.8, 4) is 17.0 Å². The predicted octanol–water partition coefficient (Wildman–Crippen LogP) is 4.24. The summed E-state index contributed by atoms with van der Waals surface area (Å²) in [5, 5.41) is 3.64. The Bertz CT molecular complexity index is 1130. The highest BCUT2D eigenvalue weighted by molar-refractivity contribution is 6.31. The first kappa shape index (κ1) is 21.8. The lowest BCUT2D eigenvalue weighted by atomic mass is 10.0. The van der Waals surface area contributed by atoms with Gasteiger partial charge in [0, 0.05) is 29.6 Å². The molecular formula is C25H23ClN2O4. The number of halogens is 1. The maximum atomic E-state index is 12.3. The summed E-state index contributed by atoms with van der Waals surface area (Å²) in [6.07, 6.45) is 3.00. The van der Waals surface area contributed by atoms with E-state index in [9.17, 15) is 9.59 Å². The van der Waals surface area contributed by atoms with E-state index in [2.05, 4.69) is 10.3 Å². The molecule has 2 heterocycles. The zero-order valence-electron chi connectivity index (χ0n) is 17.6.